The molecule has 5 aromatic carbocycles. The summed E-state index contributed by atoms with van der Waals surface area (Å²) in [6, 6.07) is 26.4. The molecule has 232 valence electrons. The highest BCUT2D eigenvalue weighted by atomic mass is 16.3. The third-order valence-electron chi connectivity index (χ3n) is 8.91. The van der Waals surface area contributed by atoms with Gasteiger partial charge in [0.1, 0.15) is 11.2 Å². The Kier molecular flexibility index (Phi) is 5.62. The van der Waals surface area contributed by atoms with Gasteiger partial charge >= 0.3 is 0 Å². The van der Waals surface area contributed by atoms with Gasteiger partial charge in [-0.05, 0) is 104 Å². The molecule has 46 heavy (non-hydrogen) atoms. The summed E-state index contributed by atoms with van der Waals surface area (Å²) in [4.78, 5) is 4.71. The molecule has 0 fully saturated rings. The van der Waals surface area contributed by atoms with Gasteiger partial charge in [0.15, 0.2) is 0 Å². The Morgan fingerprint density at radius 1 is 0.761 bits per heavy atom. The van der Waals surface area contributed by atoms with Gasteiger partial charge in [-0.25, -0.2) is 0 Å². The third-order valence-corrected chi connectivity index (χ3v) is 8.91. The normalized spacial score (nSPS) is 15.2. The third kappa shape index (κ3) is 5.28. The Hall–Kier alpha value is -4.43. The van der Waals surface area contributed by atoms with E-state index in [1.807, 2.05) is 58.9 Å². The molecule has 0 aliphatic carbocycles. The lowest BCUT2D eigenvalue weighted by Gasteiger charge is -2.21. The molecule has 0 bridgehead atoms. The SMILES string of the molecule is [2H]c1cc(C([2H])([2H])C(C)(C)C)cc(C(C)C)c1-c1cc(-c2cccc3c2oc2c3ccc3c4ccc(C(C)(C)C)cc4ccc32)ncc1C([2H])([2H])[2H]. The lowest BCUT2D eigenvalue weighted by molar-refractivity contribution is 0.411. The first-order chi connectivity index (χ1) is 24.2. The van der Waals surface area contributed by atoms with Crippen molar-refractivity contribution in [3.63, 3.8) is 0 Å². The van der Waals surface area contributed by atoms with Gasteiger partial charge < -0.3 is 4.42 Å². The molecule has 2 heteroatoms. The summed E-state index contributed by atoms with van der Waals surface area (Å²) in [5.74, 6) is -0.112. The number of furan rings is 1. The van der Waals surface area contributed by atoms with Crippen LogP contribution < -0.4 is 0 Å². The van der Waals surface area contributed by atoms with Gasteiger partial charge in [0.05, 0.1) is 7.06 Å². The number of rotatable bonds is 4. The van der Waals surface area contributed by atoms with Gasteiger partial charge in [0, 0.05) is 34.8 Å². The second-order valence-corrected chi connectivity index (χ2v) is 14.9. The second kappa shape index (κ2) is 10.8. The molecule has 0 aliphatic heterocycles. The lowest BCUT2D eigenvalue weighted by Crippen LogP contribution is -2.10. The number of hydrogen-bond donors (Lipinski definition) is 0. The average Bonchev–Trinajstić information content (AvgIpc) is 3.45. The van der Waals surface area contributed by atoms with Crippen molar-refractivity contribution in [2.45, 2.75) is 79.9 Å². The molecule has 0 spiro atoms. The second-order valence-electron chi connectivity index (χ2n) is 14.9. The van der Waals surface area contributed by atoms with Crippen LogP contribution in [0.3, 0.4) is 0 Å². The van der Waals surface area contributed by atoms with Gasteiger partial charge in [-0.3, -0.25) is 4.98 Å². The summed E-state index contributed by atoms with van der Waals surface area (Å²) in [6.07, 6.45) is -0.317. The van der Waals surface area contributed by atoms with Crippen LogP contribution in [0, 0.1) is 12.3 Å². The Bertz CT molecular complexity index is 2540. The van der Waals surface area contributed by atoms with Crippen molar-refractivity contribution in [3.05, 3.63) is 113 Å². The summed E-state index contributed by atoms with van der Waals surface area (Å²) in [7, 11) is 0. The van der Waals surface area contributed by atoms with Crippen molar-refractivity contribution in [2.75, 3.05) is 0 Å². The van der Waals surface area contributed by atoms with Crippen LogP contribution in [0.2, 0.25) is 0 Å². The number of hydrogen-bond acceptors (Lipinski definition) is 2. The van der Waals surface area contributed by atoms with Crippen LogP contribution in [0.4, 0.5) is 0 Å². The van der Waals surface area contributed by atoms with E-state index in [9.17, 15) is 1.37 Å². The fraction of sp³-hybridized carbons (Fsp3) is 0.295. The van der Waals surface area contributed by atoms with Crippen LogP contribution in [0.5, 0.6) is 0 Å². The van der Waals surface area contributed by atoms with Crippen molar-refractivity contribution < 1.29 is 12.6 Å². The van der Waals surface area contributed by atoms with E-state index in [4.69, 9.17) is 16.3 Å². The first kappa shape index (κ1) is 23.8. The van der Waals surface area contributed by atoms with E-state index in [1.54, 1.807) is 12.1 Å². The van der Waals surface area contributed by atoms with E-state index in [2.05, 4.69) is 63.2 Å². The van der Waals surface area contributed by atoms with E-state index < -0.39 is 18.6 Å². The van der Waals surface area contributed by atoms with Crippen LogP contribution in [0.1, 0.15) is 91.8 Å². The molecule has 0 atom stereocenters. The lowest BCUT2D eigenvalue weighted by atomic mass is 9.84. The molecule has 0 amide bonds. The van der Waals surface area contributed by atoms with Gasteiger partial charge in [-0.2, -0.15) is 0 Å². The van der Waals surface area contributed by atoms with Crippen LogP contribution in [-0.4, -0.2) is 4.98 Å². The standard InChI is InChI=1S/C44H45NO/c1-26(2)38-21-28(24-43(4,5)6)13-16-33(38)39-23-40(45-25-27(39)3)37-12-10-11-34-36-20-19-32-31-18-15-30(44(7,8)9)22-29(31)14-17-35(32)41(36)46-42(34)37/h10-23,25-26H,24H2,1-9H3/i3D3,16D,24D2. The van der Waals surface area contributed by atoms with E-state index in [0.717, 1.165) is 32.5 Å². The molecule has 0 saturated heterocycles. The zero-order valence-corrected chi connectivity index (χ0v) is 28.0. The molecular formula is C44H45NO. The molecule has 0 unspecified atom stereocenters. The van der Waals surface area contributed by atoms with Crippen molar-refractivity contribution in [1.82, 2.24) is 4.98 Å². The molecule has 0 radical (unpaired) electrons. The van der Waals surface area contributed by atoms with Crippen molar-refractivity contribution in [3.8, 4) is 22.4 Å². The highest BCUT2D eigenvalue weighted by Gasteiger charge is 2.20. The maximum absolute atomic E-state index is 9.24. The quantitative estimate of drug-likeness (QED) is 0.186. The molecule has 0 N–H and O–H groups in total. The van der Waals surface area contributed by atoms with E-state index in [-0.39, 0.29) is 22.9 Å². The van der Waals surface area contributed by atoms with Gasteiger partial charge in [0.2, 0.25) is 0 Å². The molecule has 0 saturated carbocycles. The molecule has 2 aromatic heterocycles. The van der Waals surface area contributed by atoms with Crippen LogP contribution in [-0.2, 0) is 11.8 Å². The van der Waals surface area contributed by atoms with Crippen molar-refractivity contribution >= 4 is 43.5 Å². The number of nitrogens with zero attached hydrogens (tertiary/aromatic N) is 1. The summed E-state index contributed by atoms with van der Waals surface area (Å²) in [5.41, 5.74) is 5.31. The highest BCUT2D eigenvalue weighted by molar-refractivity contribution is 6.21. The van der Waals surface area contributed by atoms with E-state index in [1.165, 1.54) is 17.1 Å². The first-order valence-electron chi connectivity index (χ1n) is 19.2. The number of aromatic nitrogens is 1. The molecule has 0 aliphatic rings. The maximum atomic E-state index is 9.24. The largest absolute Gasteiger partial charge is 0.455 e. The van der Waals surface area contributed by atoms with Gasteiger partial charge in [-0.1, -0.05) is 116 Å². The van der Waals surface area contributed by atoms with E-state index in [0.29, 0.717) is 39.1 Å². The summed E-state index contributed by atoms with van der Waals surface area (Å²) < 4.78 is 59.2. The molecule has 2 nitrogen and oxygen atoms in total. The zero-order chi connectivity index (χ0) is 37.7. The minimum absolute atomic E-state index is 0.0436. The smallest absolute Gasteiger partial charge is 0.144 e. The average molecular weight is 610 g/mol. The Morgan fingerprint density at radius 2 is 1.48 bits per heavy atom. The Balaban J connectivity index is 1.45. The highest BCUT2D eigenvalue weighted by Crippen LogP contribution is 2.42. The van der Waals surface area contributed by atoms with Gasteiger partial charge in [-0.15, -0.1) is 0 Å². The number of para-hydroxylation sites is 1. The van der Waals surface area contributed by atoms with Crippen molar-refractivity contribution in [2.24, 2.45) is 5.41 Å². The fourth-order valence-corrected chi connectivity index (χ4v) is 6.59. The van der Waals surface area contributed by atoms with Crippen molar-refractivity contribution in [1.29, 1.82) is 0 Å². The fourth-order valence-electron chi connectivity index (χ4n) is 6.59. The van der Waals surface area contributed by atoms with Crippen LogP contribution in [0.25, 0.3) is 65.9 Å². The number of fused-ring (bicyclic) bond motifs is 7. The molecular weight excluding hydrogens is 558 g/mol. The maximum Gasteiger partial charge on any atom is 0.144 e. The Labute approximate surface area is 281 Å². The monoisotopic (exact) mass is 609 g/mol. The van der Waals surface area contributed by atoms with Crippen LogP contribution >= 0.6 is 0 Å². The molecule has 7 aromatic rings. The summed E-state index contributed by atoms with van der Waals surface area (Å²) in [6.45, 7) is 13.7. The minimum atomic E-state index is -2.50. The topological polar surface area (TPSA) is 26.0 Å². The van der Waals surface area contributed by atoms with Crippen LogP contribution in [0.15, 0.2) is 95.5 Å². The molecule has 2 heterocycles. The summed E-state index contributed by atoms with van der Waals surface area (Å²) >= 11 is 0. The first-order valence-corrected chi connectivity index (χ1v) is 16.2. The zero-order valence-electron chi connectivity index (χ0n) is 34.0. The Morgan fingerprint density at radius 3 is 2.22 bits per heavy atom. The number of benzene rings is 5. The minimum Gasteiger partial charge on any atom is -0.455 e. The predicted octanol–water partition coefficient (Wildman–Crippen LogP) is 12.9. The number of pyridine rings is 1. The number of aryl methyl sites for hydroxylation is 1. The predicted molar refractivity (Wildman–Crippen MR) is 198 cm³/mol. The van der Waals surface area contributed by atoms with Gasteiger partial charge in [0.25, 0.3) is 0 Å². The van der Waals surface area contributed by atoms with E-state index >= 15 is 0 Å². The molecule has 7 rings (SSSR count). The summed E-state index contributed by atoms with van der Waals surface area (Å²) in [5, 5.41) is 6.37.